The Kier molecular flexibility index (Phi) is 2.35. The Bertz CT molecular complexity index is 107. The van der Waals surface area contributed by atoms with Crippen LogP contribution in [0, 0.1) is 5.41 Å². The zero-order chi connectivity index (χ0) is 7.61. The number of hydrogen-bond donors (Lipinski definition) is 1. The Morgan fingerprint density at radius 1 is 1.20 bits per heavy atom. The molecular weight excluding hydrogens is 122 g/mol. The van der Waals surface area contributed by atoms with Crippen LogP contribution in [0.3, 0.4) is 0 Å². The quantitative estimate of drug-likeness (QED) is 0.515. The highest BCUT2D eigenvalue weighted by Gasteiger charge is 2.22. The van der Waals surface area contributed by atoms with Gasteiger partial charge in [-0.05, 0) is 31.1 Å². The first-order chi connectivity index (χ1) is 4.60. The van der Waals surface area contributed by atoms with Crippen LogP contribution < -0.4 is 5.73 Å². The zero-order valence-electron chi connectivity index (χ0n) is 7.19. The predicted octanol–water partition coefficient (Wildman–Crippen LogP) is 2.30. The molecule has 0 saturated heterocycles. The average molecular weight is 141 g/mol. The average Bonchev–Trinajstić information content (AvgIpc) is 1.94. The first kappa shape index (κ1) is 8.06. The summed E-state index contributed by atoms with van der Waals surface area (Å²) in [5, 5.41) is 0. The molecule has 60 valence electrons. The van der Waals surface area contributed by atoms with Crippen molar-refractivity contribution in [1.29, 1.82) is 0 Å². The van der Waals surface area contributed by atoms with Crippen molar-refractivity contribution in [3.05, 3.63) is 0 Å². The van der Waals surface area contributed by atoms with Gasteiger partial charge in [0.15, 0.2) is 0 Å². The molecule has 0 aromatic carbocycles. The van der Waals surface area contributed by atoms with Crippen LogP contribution in [-0.4, -0.2) is 6.04 Å². The second-order valence-corrected chi connectivity index (χ2v) is 4.36. The van der Waals surface area contributed by atoms with E-state index in [9.17, 15) is 0 Å². The second kappa shape index (κ2) is 2.91. The molecule has 1 saturated carbocycles. The highest BCUT2D eigenvalue weighted by atomic mass is 14.6. The maximum Gasteiger partial charge on any atom is 0.00390 e. The maximum absolute atomic E-state index is 5.86. The lowest BCUT2D eigenvalue weighted by molar-refractivity contribution is 0.313. The molecule has 1 heteroatoms. The molecular formula is C9H19N. The van der Waals surface area contributed by atoms with Gasteiger partial charge in [0.25, 0.3) is 0 Å². The first-order valence-corrected chi connectivity index (χ1v) is 4.36. The zero-order valence-corrected chi connectivity index (χ0v) is 7.19. The Hall–Kier alpha value is -0.0400. The molecule has 1 aliphatic rings. The van der Waals surface area contributed by atoms with Gasteiger partial charge in [0.05, 0.1) is 0 Å². The van der Waals surface area contributed by atoms with Crippen LogP contribution in [0.5, 0.6) is 0 Å². The van der Waals surface area contributed by atoms with Crippen molar-refractivity contribution in [2.75, 3.05) is 0 Å². The van der Waals surface area contributed by atoms with E-state index in [0.717, 1.165) is 0 Å². The molecule has 0 amide bonds. The van der Waals surface area contributed by atoms with Gasteiger partial charge in [-0.15, -0.1) is 0 Å². The first-order valence-electron chi connectivity index (χ1n) is 4.36. The monoisotopic (exact) mass is 141 g/mol. The standard InChI is InChI=1S/C9H19N/c1-9(2)6-3-4-8(10)5-7-9/h8H,3-7,10H2,1-2H3/t8-/m0/s1. The van der Waals surface area contributed by atoms with Crippen molar-refractivity contribution in [2.45, 2.75) is 52.0 Å². The SMILES string of the molecule is CC1(C)CCC[C@H](N)CC1. The van der Waals surface area contributed by atoms with E-state index in [-0.39, 0.29) is 0 Å². The number of hydrogen-bond acceptors (Lipinski definition) is 1. The number of rotatable bonds is 0. The van der Waals surface area contributed by atoms with Crippen molar-refractivity contribution in [2.24, 2.45) is 11.1 Å². The normalized spacial score (nSPS) is 33.3. The molecule has 0 aromatic heterocycles. The highest BCUT2D eigenvalue weighted by Crippen LogP contribution is 2.32. The molecule has 1 nitrogen and oxygen atoms in total. The van der Waals surface area contributed by atoms with Gasteiger partial charge in [0.2, 0.25) is 0 Å². The van der Waals surface area contributed by atoms with Crippen molar-refractivity contribution in [3.8, 4) is 0 Å². The predicted molar refractivity (Wildman–Crippen MR) is 44.8 cm³/mol. The molecule has 1 aliphatic carbocycles. The van der Waals surface area contributed by atoms with Crippen LogP contribution in [-0.2, 0) is 0 Å². The molecule has 0 bridgehead atoms. The van der Waals surface area contributed by atoms with Crippen LogP contribution in [0.25, 0.3) is 0 Å². The summed E-state index contributed by atoms with van der Waals surface area (Å²) in [5.41, 5.74) is 6.42. The van der Waals surface area contributed by atoms with Crippen molar-refractivity contribution >= 4 is 0 Å². The topological polar surface area (TPSA) is 26.0 Å². The summed E-state index contributed by atoms with van der Waals surface area (Å²) < 4.78 is 0. The Morgan fingerprint density at radius 3 is 2.60 bits per heavy atom. The third-order valence-electron chi connectivity index (χ3n) is 2.62. The summed E-state index contributed by atoms with van der Waals surface area (Å²) in [7, 11) is 0. The van der Waals surface area contributed by atoms with Crippen LogP contribution in [0.2, 0.25) is 0 Å². The summed E-state index contributed by atoms with van der Waals surface area (Å²) in [4.78, 5) is 0. The fraction of sp³-hybridized carbons (Fsp3) is 1.00. The van der Waals surface area contributed by atoms with E-state index in [1.54, 1.807) is 0 Å². The third-order valence-corrected chi connectivity index (χ3v) is 2.62. The van der Waals surface area contributed by atoms with Gasteiger partial charge in [-0.1, -0.05) is 20.3 Å². The molecule has 0 spiro atoms. The lowest BCUT2D eigenvalue weighted by Gasteiger charge is -2.21. The van der Waals surface area contributed by atoms with Gasteiger partial charge < -0.3 is 5.73 Å². The molecule has 1 atom stereocenters. The van der Waals surface area contributed by atoms with Crippen molar-refractivity contribution in [3.63, 3.8) is 0 Å². The van der Waals surface area contributed by atoms with Crippen LogP contribution in [0.4, 0.5) is 0 Å². The van der Waals surface area contributed by atoms with E-state index in [2.05, 4.69) is 13.8 Å². The van der Waals surface area contributed by atoms with Gasteiger partial charge >= 0.3 is 0 Å². The summed E-state index contributed by atoms with van der Waals surface area (Å²) in [6, 6.07) is 0.488. The van der Waals surface area contributed by atoms with Gasteiger partial charge in [0, 0.05) is 6.04 Å². The summed E-state index contributed by atoms with van der Waals surface area (Å²) in [6.45, 7) is 4.70. The highest BCUT2D eigenvalue weighted by molar-refractivity contribution is 4.77. The maximum atomic E-state index is 5.86. The van der Waals surface area contributed by atoms with Gasteiger partial charge in [-0.3, -0.25) is 0 Å². The summed E-state index contributed by atoms with van der Waals surface area (Å²) in [5.74, 6) is 0. The summed E-state index contributed by atoms with van der Waals surface area (Å²) >= 11 is 0. The molecule has 0 radical (unpaired) electrons. The minimum Gasteiger partial charge on any atom is -0.328 e. The minimum absolute atomic E-state index is 0.488. The van der Waals surface area contributed by atoms with E-state index < -0.39 is 0 Å². The molecule has 10 heavy (non-hydrogen) atoms. The van der Waals surface area contributed by atoms with Gasteiger partial charge in [0.1, 0.15) is 0 Å². The molecule has 2 N–H and O–H groups in total. The lowest BCUT2D eigenvalue weighted by Crippen LogP contribution is -2.18. The van der Waals surface area contributed by atoms with Crippen LogP contribution >= 0.6 is 0 Å². The van der Waals surface area contributed by atoms with Gasteiger partial charge in [-0.2, -0.15) is 0 Å². The third kappa shape index (κ3) is 2.30. The van der Waals surface area contributed by atoms with E-state index in [1.165, 1.54) is 32.1 Å². The van der Waals surface area contributed by atoms with Crippen molar-refractivity contribution in [1.82, 2.24) is 0 Å². The van der Waals surface area contributed by atoms with E-state index in [0.29, 0.717) is 11.5 Å². The van der Waals surface area contributed by atoms with Crippen LogP contribution in [0.1, 0.15) is 46.0 Å². The fourth-order valence-electron chi connectivity index (χ4n) is 1.69. The molecule has 1 rings (SSSR count). The minimum atomic E-state index is 0.488. The molecule has 1 fully saturated rings. The van der Waals surface area contributed by atoms with E-state index >= 15 is 0 Å². The smallest absolute Gasteiger partial charge is 0.00390 e. The van der Waals surface area contributed by atoms with Crippen LogP contribution in [0.15, 0.2) is 0 Å². The molecule has 0 aliphatic heterocycles. The van der Waals surface area contributed by atoms with E-state index in [1.807, 2.05) is 0 Å². The fourth-order valence-corrected chi connectivity index (χ4v) is 1.69. The molecule has 0 unspecified atom stereocenters. The largest absolute Gasteiger partial charge is 0.328 e. The molecule has 0 aromatic rings. The number of nitrogens with two attached hydrogens (primary N) is 1. The summed E-state index contributed by atoms with van der Waals surface area (Å²) in [6.07, 6.45) is 6.47. The Labute approximate surface area is 64.0 Å². The van der Waals surface area contributed by atoms with Crippen molar-refractivity contribution < 1.29 is 0 Å². The molecule has 0 heterocycles. The Morgan fingerprint density at radius 2 is 1.90 bits per heavy atom. The van der Waals surface area contributed by atoms with Gasteiger partial charge in [-0.25, -0.2) is 0 Å². The lowest BCUT2D eigenvalue weighted by atomic mass is 9.85. The second-order valence-electron chi connectivity index (χ2n) is 4.36. The Balaban J connectivity index is 2.41. The van der Waals surface area contributed by atoms with E-state index in [4.69, 9.17) is 5.73 Å².